The molecule has 0 atom stereocenters. The van der Waals surface area contributed by atoms with Gasteiger partial charge < -0.3 is 4.74 Å². The molecule has 7 heteroatoms. The third-order valence-electron chi connectivity index (χ3n) is 3.99. The van der Waals surface area contributed by atoms with Crippen LogP contribution in [0.5, 0.6) is 5.88 Å². The molecule has 1 aromatic carbocycles. The average molecular weight is 378 g/mol. The fourth-order valence-corrected chi connectivity index (χ4v) is 4.77. The zero-order valence-corrected chi connectivity index (χ0v) is 15.8. The smallest absolute Gasteiger partial charge is 0.233 e. The van der Waals surface area contributed by atoms with Crippen LogP contribution in [0.1, 0.15) is 12.5 Å². The van der Waals surface area contributed by atoms with Crippen LogP contribution in [0.25, 0.3) is 31.6 Å². The highest BCUT2D eigenvalue weighted by atomic mass is 32.2. The number of thiophene rings is 1. The summed E-state index contributed by atoms with van der Waals surface area (Å²) in [7, 11) is 0. The minimum atomic E-state index is 0.367. The summed E-state index contributed by atoms with van der Waals surface area (Å²) in [5.41, 5.74) is 3.03. The van der Waals surface area contributed by atoms with Crippen LogP contribution < -0.4 is 4.74 Å². The van der Waals surface area contributed by atoms with E-state index in [1.54, 1.807) is 18.1 Å². The van der Waals surface area contributed by atoms with Crippen molar-refractivity contribution in [2.75, 3.05) is 12.9 Å². The molecular weight excluding hydrogens is 364 g/mol. The van der Waals surface area contributed by atoms with Gasteiger partial charge in [-0.2, -0.15) is 5.26 Å². The van der Waals surface area contributed by atoms with Gasteiger partial charge in [-0.15, -0.1) is 23.1 Å². The lowest BCUT2D eigenvalue weighted by Crippen LogP contribution is -2.00. The Morgan fingerprint density at radius 2 is 2.04 bits per heavy atom. The summed E-state index contributed by atoms with van der Waals surface area (Å²) in [6.07, 6.45) is 3.56. The third-order valence-corrected chi connectivity index (χ3v) is 5.89. The molecule has 0 radical (unpaired) electrons. The van der Waals surface area contributed by atoms with Crippen LogP contribution >= 0.6 is 23.1 Å². The van der Waals surface area contributed by atoms with E-state index in [1.807, 2.05) is 43.5 Å². The number of aromatic nitrogens is 3. The monoisotopic (exact) mass is 378 g/mol. The number of hydrogen-bond donors (Lipinski definition) is 0. The molecule has 0 aliphatic heterocycles. The average Bonchev–Trinajstić information content (AvgIpc) is 3.06. The number of rotatable bonds is 4. The molecule has 5 nitrogen and oxygen atoms in total. The molecule has 3 heterocycles. The molecule has 0 fully saturated rings. The van der Waals surface area contributed by atoms with E-state index in [0.29, 0.717) is 18.1 Å². The second kappa shape index (κ2) is 6.90. The summed E-state index contributed by atoms with van der Waals surface area (Å²) in [4.78, 5) is 14.3. The Morgan fingerprint density at radius 3 is 2.73 bits per heavy atom. The molecule has 3 aromatic heterocycles. The molecule has 26 heavy (non-hydrogen) atoms. The molecule has 0 saturated heterocycles. The molecule has 0 aliphatic rings. The van der Waals surface area contributed by atoms with Crippen LogP contribution in [-0.2, 0) is 0 Å². The number of thioether (sulfide) groups is 1. The maximum absolute atomic E-state index is 9.85. The molecule has 4 rings (SSSR count). The Morgan fingerprint density at radius 1 is 1.23 bits per heavy atom. The summed E-state index contributed by atoms with van der Waals surface area (Å²) in [5.74, 6) is 0.367. The van der Waals surface area contributed by atoms with Gasteiger partial charge in [-0.05, 0) is 18.7 Å². The first kappa shape index (κ1) is 16.8. The predicted molar refractivity (Wildman–Crippen MR) is 106 cm³/mol. The van der Waals surface area contributed by atoms with E-state index in [0.717, 1.165) is 36.6 Å². The maximum atomic E-state index is 9.85. The molecule has 0 aliphatic carbocycles. The standard InChI is InChI=1S/C19H14N4OS2/c1-3-24-17-12(9-20)13(11-7-5-4-6-8-11)14-15-16(26-18(14)23-17)19(25-2)22-10-21-15/h4-8,10H,3H2,1-2H3. The summed E-state index contributed by atoms with van der Waals surface area (Å²) >= 11 is 3.11. The Labute approximate surface area is 158 Å². The Bertz CT molecular complexity index is 1150. The second-order valence-corrected chi connectivity index (χ2v) is 7.21. The number of nitrogens with zero attached hydrogens (tertiary/aromatic N) is 4. The van der Waals surface area contributed by atoms with Gasteiger partial charge in [0.1, 0.15) is 27.8 Å². The number of fused-ring (bicyclic) bond motifs is 3. The molecular formula is C19H14N4OS2. The molecule has 0 unspecified atom stereocenters. The van der Waals surface area contributed by atoms with Crippen molar-refractivity contribution in [2.45, 2.75) is 11.9 Å². The third kappa shape index (κ3) is 2.59. The van der Waals surface area contributed by atoms with E-state index in [1.165, 1.54) is 11.3 Å². The van der Waals surface area contributed by atoms with Gasteiger partial charge in [-0.1, -0.05) is 30.3 Å². The van der Waals surface area contributed by atoms with Crippen molar-refractivity contribution in [1.82, 2.24) is 15.0 Å². The SMILES string of the molecule is CCOc1nc2sc3c(SC)ncnc3c2c(-c2ccccc2)c1C#N. The number of ether oxygens (including phenoxy) is 1. The van der Waals surface area contributed by atoms with E-state index in [9.17, 15) is 5.26 Å². The lowest BCUT2D eigenvalue weighted by molar-refractivity contribution is 0.327. The van der Waals surface area contributed by atoms with Crippen molar-refractivity contribution in [3.05, 3.63) is 42.2 Å². The van der Waals surface area contributed by atoms with Gasteiger partial charge in [0, 0.05) is 10.9 Å². The molecule has 0 N–H and O–H groups in total. The van der Waals surface area contributed by atoms with Crippen LogP contribution in [-0.4, -0.2) is 27.8 Å². The lowest BCUT2D eigenvalue weighted by atomic mass is 9.98. The van der Waals surface area contributed by atoms with Crippen molar-refractivity contribution in [2.24, 2.45) is 0 Å². The van der Waals surface area contributed by atoms with Gasteiger partial charge in [0.25, 0.3) is 0 Å². The van der Waals surface area contributed by atoms with Gasteiger partial charge in [-0.3, -0.25) is 0 Å². The van der Waals surface area contributed by atoms with Crippen molar-refractivity contribution >= 4 is 43.5 Å². The van der Waals surface area contributed by atoms with Gasteiger partial charge in [0.15, 0.2) is 0 Å². The van der Waals surface area contributed by atoms with Gasteiger partial charge >= 0.3 is 0 Å². The first-order valence-electron chi connectivity index (χ1n) is 8.02. The van der Waals surface area contributed by atoms with Crippen LogP contribution in [0.4, 0.5) is 0 Å². The molecule has 0 bridgehead atoms. The van der Waals surface area contributed by atoms with E-state index in [2.05, 4.69) is 21.0 Å². The summed E-state index contributed by atoms with van der Waals surface area (Å²) in [5, 5.41) is 11.6. The second-order valence-electron chi connectivity index (χ2n) is 5.42. The number of nitriles is 1. The fraction of sp³-hybridized carbons (Fsp3) is 0.158. The van der Waals surface area contributed by atoms with Crippen LogP contribution in [0.2, 0.25) is 0 Å². The van der Waals surface area contributed by atoms with E-state index in [4.69, 9.17) is 4.74 Å². The van der Waals surface area contributed by atoms with Crippen LogP contribution in [0, 0.1) is 11.3 Å². The molecule has 0 spiro atoms. The number of benzene rings is 1. The summed E-state index contributed by atoms with van der Waals surface area (Å²) < 4.78 is 6.67. The molecule has 128 valence electrons. The maximum Gasteiger partial charge on any atom is 0.233 e. The predicted octanol–water partition coefficient (Wildman–Crippen LogP) is 4.90. The Balaban J connectivity index is 2.21. The largest absolute Gasteiger partial charge is 0.477 e. The van der Waals surface area contributed by atoms with Crippen LogP contribution in [0.15, 0.2) is 41.7 Å². The van der Waals surface area contributed by atoms with Crippen molar-refractivity contribution in [3.8, 4) is 23.1 Å². The van der Waals surface area contributed by atoms with E-state index >= 15 is 0 Å². The fourth-order valence-electron chi connectivity index (χ4n) is 2.94. The highest BCUT2D eigenvalue weighted by molar-refractivity contribution is 7.98. The molecule has 0 amide bonds. The minimum Gasteiger partial charge on any atom is -0.477 e. The van der Waals surface area contributed by atoms with Crippen LogP contribution in [0.3, 0.4) is 0 Å². The Hall–Kier alpha value is -2.69. The zero-order chi connectivity index (χ0) is 18.1. The highest BCUT2D eigenvalue weighted by Crippen LogP contribution is 2.44. The lowest BCUT2D eigenvalue weighted by Gasteiger charge is -2.11. The topological polar surface area (TPSA) is 71.7 Å². The number of pyridine rings is 1. The normalized spacial score (nSPS) is 11.0. The Kier molecular flexibility index (Phi) is 4.45. The first-order chi connectivity index (χ1) is 12.8. The van der Waals surface area contributed by atoms with Gasteiger partial charge in [0.05, 0.1) is 16.8 Å². The van der Waals surface area contributed by atoms with E-state index < -0.39 is 0 Å². The van der Waals surface area contributed by atoms with Gasteiger partial charge in [-0.25, -0.2) is 15.0 Å². The van der Waals surface area contributed by atoms with Crippen molar-refractivity contribution in [1.29, 1.82) is 5.26 Å². The number of hydrogen-bond acceptors (Lipinski definition) is 7. The summed E-state index contributed by atoms with van der Waals surface area (Å²) in [6.45, 7) is 2.33. The first-order valence-corrected chi connectivity index (χ1v) is 10.1. The van der Waals surface area contributed by atoms with Gasteiger partial charge in [0.2, 0.25) is 5.88 Å². The van der Waals surface area contributed by atoms with Crippen molar-refractivity contribution < 1.29 is 4.74 Å². The quantitative estimate of drug-likeness (QED) is 0.371. The summed E-state index contributed by atoms with van der Waals surface area (Å²) in [6, 6.07) is 12.1. The highest BCUT2D eigenvalue weighted by Gasteiger charge is 2.23. The minimum absolute atomic E-state index is 0.367. The zero-order valence-electron chi connectivity index (χ0n) is 14.2. The van der Waals surface area contributed by atoms with E-state index in [-0.39, 0.29) is 0 Å². The molecule has 4 aromatic rings. The molecule has 0 saturated carbocycles. The van der Waals surface area contributed by atoms with Crippen molar-refractivity contribution in [3.63, 3.8) is 0 Å².